The first-order valence-electron chi connectivity index (χ1n) is 12.0. The fourth-order valence-corrected chi connectivity index (χ4v) is 5.66. The molecule has 0 N–H and O–H groups in total. The molecular weight excluding hydrogens is 584 g/mol. The van der Waals surface area contributed by atoms with Crippen LogP contribution >= 0.6 is 27.3 Å². The van der Waals surface area contributed by atoms with Crippen molar-refractivity contribution in [3.8, 4) is 29.6 Å². The molecule has 0 amide bonds. The molecule has 1 aromatic heterocycles. The Morgan fingerprint density at radius 1 is 1.18 bits per heavy atom. The monoisotopic (exact) mass is 610 g/mol. The molecule has 1 aliphatic rings. The molecule has 1 aliphatic heterocycles. The zero-order valence-electron chi connectivity index (χ0n) is 22.1. The maximum absolute atomic E-state index is 13.9. The number of hydrogen-bond acceptors (Lipinski definition) is 8. The van der Waals surface area contributed by atoms with Gasteiger partial charge in [-0.05, 0) is 62.7 Å². The van der Waals surface area contributed by atoms with Crippen LogP contribution in [0.25, 0.3) is 6.08 Å². The Kier molecular flexibility index (Phi) is 8.63. The third-order valence-corrected chi connectivity index (χ3v) is 7.34. The van der Waals surface area contributed by atoms with Crippen LogP contribution in [0.2, 0.25) is 0 Å². The topological polar surface area (TPSA) is 88.4 Å². The van der Waals surface area contributed by atoms with E-state index in [1.54, 1.807) is 58.2 Å². The summed E-state index contributed by atoms with van der Waals surface area (Å²) in [7, 11) is 3.07. The maximum atomic E-state index is 13.9. The van der Waals surface area contributed by atoms with E-state index in [9.17, 15) is 9.59 Å². The number of carbonyl (C=O) groups is 1. The third-order valence-electron chi connectivity index (χ3n) is 5.87. The third kappa shape index (κ3) is 5.79. The first-order valence-corrected chi connectivity index (χ1v) is 13.6. The summed E-state index contributed by atoms with van der Waals surface area (Å²) in [6.07, 6.45) is 6.69. The average molecular weight is 612 g/mol. The molecule has 8 nitrogen and oxygen atoms in total. The van der Waals surface area contributed by atoms with Crippen molar-refractivity contribution in [2.45, 2.75) is 32.9 Å². The van der Waals surface area contributed by atoms with Crippen molar-refractivity contribution in [1.82, 2.24) is 4.57 Å². The molecular formula is C29H27BrN2O6S. The Balaban J connectivity index is 1.93. The summed E-state index contributed by atoms with van der Waals surface area (Å²) in [6, 6.07) is 9.94. The molecule has 0 radical (unpaired) electrons. The lowest BCUT2D eigenvalue weighted by molar-refractivity contribution is -0.143. The largest absolute Gasteiger partial charge is 0.496 e. The van der Waals surface area contributed by atoms with Crippen LogP contribution in [0.5, 0.6) is 17.2 Å². The molecule has 0 aliphatic carbocycles. The minimum Gasteiger partial charge on any atom is -0.496 e. The van der Waals surface area contributed by atoms with Gasteiger partial charge in [0.05, 0.1) is 36.1 Å². The second-order valence-electron chi connectivity index (χ2n) is 8.83. The summed E-state index contributed by atoms with van der Waals surface area (Å²) in [5.74, 6) is 3.39. The summed E-state index contributed by atoms with van der Waals surface area (Å²) >= 11 is 4.74. The fraction of sp³-hybridized carbons (Fsp3) is 0.276. The van der Waals surface area contributed by atoms with Crippen LogP contribution in [0.4, 0.5) is 0 Å². The number of hydrogen-bond donors (Lipinski definition) is 0. The number of esters is 1. The lowest BCUT2D eigenvalue weighted by atomic mass is 9.95. The molecule has 0 spiro atoms. The SMILES string of the molecule is C#CCOc1ccc(/C=c2\sc3n(c2=O)[C@@H](c2cc(Br)ccc2OC)C(C(=O)OC(C)C)=C(C)N=3)cc1OC. The number of halogens is 1. The molecule has 0 bridgehead atoms. The lowest BCUT2D eigenvalue weighted by Gasteiger charge is -2.26. The second kappa shape index (κ2) is 11.9. The molecule has 0 fully saturated rings. The number of benzene rings is 2. The van der Waals surface area contributed by atoms with Crippen LogP contribution in [-0.4, -0.2) is 37.5 Å². The molecule has 202 valence electrons. The Morgan fingerprint density at radius 3 is 2.56 bits per heavy atom. The molecule has 0 saturated heterocycles. The van der Waals surface area contributed by atoms with Crippen molar-refractivity contribution in [3.05, 3.63) is 83.0 Å². The summed E-state index contributed by atoms with van der Waals surface area (Å²) in [5, 5.41) is 0. The zero-order valence-corrected chi connectivity index (χ0v) is 24.5. The first kappa shape index (κ1) is 28.2. The van der Waals surface area contributed by atoms with Gasteiger partial charge in [0.25, 0.3) is 5.56 Å². The number of carbonyl (C=O) groups excluding carboxylic acids is 1. The highest BCUT2D eigenvalue weighted by atomic mass is 79.9. The van der Waals surface area contributed by atoms with Crippen LogP contribution in [0.15, 0.2) is 61.9 Å². The Labute approximate surface area is 238 Å². The molecule has 4 rings (SSSR count). The van der Waals surface area contributed by atoms with Crippen molar-refractivity contribution in [2.24, 2.45) is 4.99 Å². The minimum atomic E-state index is -0.809. The molecule has 3 aromatic rings. The van der Waals surface area contributed by atoms with Gasteiger partial charge in [-0.15, -0.1) is 6.42 Å². The highest BCUT2D eigenvalue weighted by Crippen LogP contribution is 2.37. The Hall–Kier alpha value is -3.81. The normalized spacial score (nSPS) is 14.9. The molecule has 10 heteroatoms. The van der Waals surface area contributed by atoms with Gasteiger partial charge in [0, 0.05) is 10.0 Å². The molecule has 0 unspecified atom stereocenters. The van der Waals surface area contributed by atoms with Gasteiger partial charge in [-0.3, -0.25) is 9.36 Å². The van der Waals surface area contributed by atoms with E-state index in [1.165, 1.54) is 23.0 Å². The van der Waals surface area contributed by atoms with Crippen LogP contribution in [0, 0.1) is 12.3 Å². The van der Waals surface area contributed by atoms with Gasteiger partial charge < -0.3 is 18.9 Å². The van der Waals surface area contributed by atoms with Crippen molar-refractivity contribution in [3.63, 3.8) is 0 Å². The van der Waals surface area contributed by atoms with Crippen LogP contribution in [-0.2, 0) is 9.53 Å². The maximum Gasteiger partial charge on any atom is 0.338 e. The van der Waals surface area contributed by atoms with E-state index in [-0.39, 0.29) is 23.8 Å². The van der Waals surface area contributed by atoms with Crippen molar-refractivity contribution in [1.29, 1.82) is 0 Å². The highest BCUT2D eigenvalue weighted by molar-refractivity contribution is 9.10. The second-order valence-corrected chi connectivity index (χ2v) is 10.8. The van der Waals surface area contributed by atoms with E-state index in [0.29, 0.717) is 37.8 Å². The highest BCUT2D eigenvalue weighted by Gasteiger charge is 2.35. The molecule has 39 heavy (non-hydrogen) atoms. The number of ether oxygens (including phenoxy) is 4. The van der Waals surface area contributed by atoms with Gasteiger partial charge in [-0.1, -0.05) is 39.3 Å². The van der Waals surface area contributed by atoms with E-state index in [1.807, 2.05) is 12.1 Å². The van der Waals surface area contributed by atoms with E-state index in [2.05, 4.69) is 26.8 Å². The van der Waals surface area contributed by atoms with Gasteiger partial charge >= 0.3 is 5.97 Å². The minimum absolute atomic E-state index is 0.105. The predicted octanol–water partition coefficient (Wildman–Crippen LogP) is 3.98. The Bertz CT molecular complexity index is 1680. The van der Waals surface area contributed by atoms with Crippen LogP contribution in [0.3, 0.4) is 0 Å². The van der Waals surface area contributed by atoms with Gasteiger partial charge in [0.2, 0.25) is 0 Å². The van der Waals surface area contributed by atoms with Gasteiger partial charge in [0.1, 0.15) is 18.4 Å². The fourth-order valence-electron chi connectivity index (χ4n) is 4.24. The van der Waals surface area contributed by atoms with Crippen molar-refractivity contribution in [2.75, 3.05) is 20.8 Å². The number of fused-ring (bicyclic) bond motifs is 1. The summed E-state index contributed by atoms with van der Waals surface area (Å²) in [6.45, 7) is 5.39. The Morgan fingerprint density at radius 2 is 1.90 bits per heavy atom. The van der Waals surface area contributed by atoms with E-state index >= 15 is 0 Å². The molecule has 2 heterocycles. The summed E-state index contributed by atoms with van der Waals surface area (Å²) < 4.78 is 24.9. The van der Waals surface area contributed by atoms with E-state index < -0.39 is 12.0 Å². The van der Waals surface area contributed by atoms with Gasteiger partial charge in [-0.2, -0.15) is 0 Å². The van der Waals surface area contributed by atoms with Crippen molar-refractivity contribution >= 4 is 39.3 Å². The van der Waals surface area contributed by atoms with Gasteiger partial charge in [-0.25, -0.2) is 9.79 Å². The summed E-state index contributed by atoms with van der Waals surface area (Å²) in [5.41, 5.74) is 1.78. The average Bonchev–Trinajstić information content (AvgIpc) is 3.20. The predicted molar refractivity (Wildman–Crippen MR) is 153 cm³/mol. The van der Waals surface area contributed by atoms with E-state index in [0.717, 1.165) is 10.0 Å². The standard InChI is InChI=1S/C29H27BrN2O6S/c1-7-12-37-22-10-8-18(13-23(22)36-6)14-24-27(33)32-26(20-15-19(30)9-11-21(20)35-5)25(28(34)38-16(2)3)17(4)31-29(32)39-24/h1,8-11,13-16,26H,12H2,2-6H3/b24-14-/t26-/m0/s1. The number of terminal acetylenes is 1. The lowest BCUT2D eigenvalue weighted by Crippen LogP contribution is -2.40. The van der Waals surface area contributed by atoms with E-state index in [4.69, 9.17) is 25.4 Å². The van der Waals surface area contributed by atoms with Crippen molar-refractivity contribution < 1.29 is 23.7 Å². The smallest absolute Gasteiger partial charge is 0.338 e. The van der Waals surface area contributed by atoms with Gasteiger partial charge in [0.15, 0.2) is 16.3 Å². The first-order chi connectivity index (χ1) is 18.7. The molecule has 1 atom stereocenters. The number of allylic oxidation sites excluding steroid dienone is 1. The molecule has 2 aromatic carbocycles. The number of aromatic nitrogens is 1. The van der Waals surface area contributed by atoms with Crippen LogP contribution in [0.1, 0.15) is 37.9 Å². The zero-order chi connectivity index (χ0) is 28.3. The summed E-state index contributed by atoms with van der Waals surface area (Å²) in [4.78, 5) is 32.4. The number of thiazole rings is 1. The quantitative estimate of drug-likeness (QED) is 0.283. The van der Waals surface area contributed by atoms with Crippen LogP contribution < -0.4 is 29.1 Å². The number of rotatable bonds is 8. The number of methoxy groups -OCH3 is 2. The number of nitrogens with zero attached hydrogens (tertiary/aromatic N) is 2. The molecule has 0 saturated carbocycles.